The first kappa shape index (κ1) is 15.1. The highest BCUT2D eigenvalue weighted by atomic mass is 32.1. The molecule has 0 bridgehead atoms. The van der Waals surface area contributed by atoms with Crippen LogP contribution >= 0.6 is 11.3 Å². The first-order valence-corrected chi connectivity index (χ1v) is 8.99. The summed E-state index contributed by atoms with van der Waals surface area (Å²) < 4.78 is 6.61. The van der Waals surface area contributed by atoms with Crippen molar-refractivity contribution in [2.75, 3.05) is 11.9 Å². The van der Waals surface area contributed by atoms with Gasteiger partial charge in [0.15, 0.2) is 10.9 Å². The molecular weight excluding hydrogens is 320 g/mol. The second kappa shape index (κ2) is 6.24. The molecule has 1 saturated carbocycles. The van der Waals surface area contributed by atoms with Crippen LogP contribution in [0.1, 0.15) is 30.1 Å². The number of nitrogens with one attached hydrogen (secondary N) is 1. The van der Waals surface area contributed by atoms with Gasteiger partial charge in [-0.3, -0.25) is 4.79 Å². The molecule has 1 aromatic heterocycles. The first-order chi connectivity index (χ1) is 11.7. The van der Waals surface area contributed by atoms with E-state index in [4.69, 9.17) is 4.74 Å². The lowest BCUT2D eigenvalue weighted by atomic mass is 10.1. The Morgan fingerprint density at radius 1 is 1.25 bits per heavy atom. The van der Waals surface area contributed by atoms with Crippen LogP contribution in [0.25, 0.3) is 10.2 Å². The molecule has 1 heterocycles. The minimum Gasteiger partial charge on any atom is -0.494 e. The normalized spacial score (nSPS) is 13.9. The van der Waals surface area contributed by atoms with Gasteiger partial charge in [0.05, 0.1) is 16.8 Å². The lowest BCUT2D eigenvalue weighted by Gasteiger charge is -2.04. The average Bonchev–Trinajstić information content (AvgIpc) is 3.36. The number of aromatic nitrogens is 1. The number of hydrogen-bond donors (Lipinski definition) is 1. The lowest BCUT2D eigenvalue weighted by molar-refractivity contribution is 0.0967. The van der Waals surface area contributed by atoms with Crippen LogP contribution in [-0.2, 0) is 0 Å². The van der Waals surface area contributed by atoms with E-state index in [1.165, 1.54) is 0 Å². The highest BCUT2D eigenvalue weighted by Gasteiger charge is 2.30. The third kappa shape index (κ3) is 3.12. The standard InChI is InChI=1S/C19H18N2O2S/c1-2-23-15-9-10-16-17(11-15)24-19(21-16)20-14-7-5-13(6-8-14)18(22)12-3-4-12/h5-12H,2-4H2,1H3,(H,20,21). The summed E-state index contributed by atoms with van der Waals surface area (Å²) in [7, 11) is 0. The molecule has 24 heavy (non-hydrogen) atoms. The van der Waals surface area contributed by atoms with Gasteiger partial charge in [-0.05, 0) is 62.2 Å². The second-order valence-corrected chi connectivity index (χ2v) is 6.95. The molecule has 3 aromatic rings. The third-order valence-corrected chi connectivity index (χ3v) is 4.97. The smallest absolute Gasteiger partial charge is 0.188 e. The van der Waals surface area contributed by atoms with Crippen molar-refractivity contribution in [3.63, 3.8) is 0 Å². The molecule has 0 unspecified atom stereocenters. The number of hydrogen-bond acceptors (Lipinski definition) is 5. The van der Waals surface area contributed by atoms with E-state index in [1.54, 1.807) is 11.3 Å². The number of ether oxygens (including phenoxy) is 1. The van der Waals surface area contributed by atoms with Crippen LogP contribution in [0.15, 0.2) is 42.5 Å². The zero-order valence-corrected chi connectivity index (χ0v) is 14.2. The Balaban J connectivity index is 1.51. The fourth-order valence-electron chi connectivity index (χ4n) is 2.64. The Labute approximate surface area is 144 Å². The molecule has 0 aliphatic heterocycles. The Kier molecular flexibility index (Phi) is 3.94. The van der Waals surface area contributed by atoms with E-state index in [0.29, 0.717) is 6.61 Å². The number of ketones is 1. The van der Waals surface area contributed by atoms with Crippen molar-refractivity contribution < 1.29 is 9.53 Å². The van der Waals surface area contributed by atoms with Crippen molar-refractivity contribution >= 4 is 38.2 Å². The van der Waals surface area contributed by atoms with Crippen molar-refractivity contribution in [3.8, 4) is 5.75 Å². The highest BCUT2D eigenvalue weighted by molar-refractivity contribution is 7.22. The van der Waals surface area contributed by atoms with Crippen LogP contribution in [0.5, 0.6) is 5.75 Å². The van der Waals surface area contributed by atoms with Gasteiger partial charge in [0, 0.05) is 17.2 Å². The van der Waals surface area contributed by atoms with Gasteiger partial charge in [-0.25, -0.2) is 4.98 Å². The fraction of sp³-hybridized carbons (Fsp3) is 0.263. The SMILES string of the molecule is CCOc1ccc2nc(Nc3ccc(C(=O)C4CC4)cc3)sc2c1. The predicted octanol–water partition coefficient (Wildman–Crippen LogP) is 5.03. The second-order valence-electron chi connectivity index (χ2n) is 5.92. The number of carbonyl (C=O) groups is 1. The van der Waals surface area contributed by atoms with Crippen LogP contribution in [0.3, 0.4) is 0 Å². The molecule has 1 fully saturated rings. The van der Waals surface area contributed by atoms with Gasteiger partial charge in [-0.1, -0.05) is 11.3 Å². The van der Waals surface area contributed by atoms with E-state index in [2.05, 4.69) is 10.3 Å². The zero-order chi connectivity index (χ0) is 16.5. The summed E-state index contributed by atoms with van der Waals surface area (Å²) in [5.74, 6) is 1.39. The van der Waals surface area contributed by atoms with Crippen molar-refractivity contribution in [1.82, 2.24) is 4.98 Å². The van der Waals surface area contributed by atoms with Crippen molar-refractivity contribution in [1.29, 1.82) is 0 Å². The number of rotatable bonds is 6. The number of carbonyl (C=O) groups excluding carboxylic acids is 1. The monoisotopic (exact) mass is 338 g/mol. The molecule has 0 spiro atoms. The topological polar surface area (TPSA) is 51.2 Å². The minimum atomic E-state index is 0.257. The van der Waals surface area contributed by atoms with E-state index >= 15 is 0 Å². The van der Waals surface area contributed by atoms with E-state index in [0.717, 1.165) is 45.2 Å². The first-order valence-electron chi connectivity index (χ1n) is 8.17. The molecule has 4 rings (SSSR count). The quantitative estimate of drug-likeness (QED) is 0.640. The van der Waals surface area contributed by atoms with Crippen LogP contribution in [0.4, 0.5) is 10.8 Å². The van der Waals surface area contributed by atoms with Crippen LogP contribution in [0.2, 0.25) is 0 Å². The molecule has 2 aromatic carbocycles. The van der Waals surface area contributed by atoms with E-state index in [1.807, 2.05) is 49.4 Å². The lowest BCUT2D eigenvalue weighted by Crippen LogP contribution is -2.01. The number of benzene rings is 2. The number of thiazole rings is 1. The van der Waals surface area contributed by atoms with Crippen LogP contribution in [0, 0.1) is 5.92 Å². The van der Waals surface area contributed by atoms with Gasteiger partial charge in [-0.15, -0.1) is 0 Å². The Bertz CT molecular complexity index is 882. The molecule has 1 N–H and O–H groups in total. The summed E-state index contributed by atoms with van der Waals surface area (Å²) in [6.45, 7) is 2.63. The molecule has 4 nitrogen and oxygen atoms in total. The van der Waals surface area contributed by atoms with E-state index in [9.17, 15) is 4.79 Å². The molecule has 122 valence electrons. The summed E-state index contributed by atoms with van der Waals surface area (Å²) in [6, 6.07) is 13.6. The number of nitrogens with zero attached hydrogens (tertiary/aromatic N) is 1. The largest absolute Gasteiger partial charge is 0.494 e. The van der Waals surface area contributed by atoms with Crippen molar-refractivity contribution in [3.05, 3.63) is 48.0 Å². The summed E-state index contributed by atoms with van der Waals surface area (Å²) in [6.07, 6.45) is 2.07. The van der Waals surface area contributed by atoms with Crippen LogP contribution in [-0.4, -0.2) is 17.4 Å². The number of fused-ring (bicyclic) bond motifs is 1. The average molecular weight is 338 g/mol. The maximum atomic E-state index is 12.0. The minimum absolute atomic E-state index is 0.257. The maximum Gasteiger partial charge on any atom is 0.188 e. The number of Topliss-reactive ketones (excluding diaryl/α,β-unsaturated/α-hetero) is 1. The summed E-state index contributed by atoms with van der Waals surface area (Å²) in [5.41, 5.74) is 2.69. The Hall–Kier alpha value is -2.40. The summed E-state index contributed by atoms with van der Waals surface area (Å²) >= 11 is 1.59. The van der Waals surface area contributed by atoms with Crippen LogP contribution < -0.4 is 10.1 Å². The molecular formula is C19H18N2O2S. The molecule has 0 atom stereocenters. The molecule has 0 radical (unpaired) electrons. The Morgan fingerprint density at radius 2 is 2.04 bits per heavy atom. The van der Waals surface area contributed by atoms with E-state index in [-0.39, 0.29) is 11.7 Å². The summed E-state index contributed by atoms with van der Waals surface area (Å²) in [4.78, 5) is 16.6. The third-order valence-electron chi connectivity index (χ3n) is 4.04. The van der Waals surface area contributed by atoms with Gasteiger partial charge in [-0.2, -0.15) is 0 Å². The Morgan fingerprint density at radius 3 is 2.75 bits per heavy atom. The van der Waals surface area contributed by atoms with Gasteiger partial charge in [0.2, 0.25) is 0 Å². The fourth-order valence-corrected chi connectivity index (χ4v) is 3.55. The molecule has 0 saturated heterocycles. The maximum absolute atomic E-state index is 12.0. The zero-order valence-electron chi connectivity index (χ0n) is 13.4. The van der Waals surface area contributed by atoms with Gasteiger partial charge >= 0.3 is 0 Å². The summed E-state index contributed by atoms with van der Waals surface area (Å²) in [5, 5.41) is 4.14. The molecule has 1 aliphatic carbocycles. The van der Waals surface area contributed by atoms with E-state index < -0.39 is 0 Å². The molecule has 1 aliphatic rings. The van der Waals surface area contributed by atoms with Crippen molar-refractivity contribution in [2.24, 2.45) is 5.92 Å². The highest BCUT2D eigenvalue weighted by Crippen LogP contribution is 2.34. The van der Waals surface area contributed by atoms with Gasteiger partial charge in [0.25, 0.3) is 0 Å². The van der Waals surface area contributed by atoms with Crippen molar-refractivity contribution in [2.45, 2.75) is 19.8 Å². The van der Waals surface area contributed by atoms with Gasteiger partial charge < -0.3 is 10.1 Å². The molecule has 0 amide bonds. The number of anilines is 2. The molecule has 5 heteroatoms. The predicted molar refractivity (Wildman–Crippen MR) is 97.6 cm³/mol. The van der Waals surface area contributed by atoms with Gasteiger partial charge in [0.1, 0.15) is 5.75 Å².